The Morgan fingerprint density at radius 1 is 1.25 bits per heavy atom. The van der Waals surface area contributed by atoms with Gasteiger partial charge in [-0.25, -0.2) is 0 Å². The molecule has 1 aliphatic rings. The van der Waals surface area contributed by atoms with E-state index in [4.69, 9.17) is 4.74 Å². The third kappa shape index (κ3) is 1.71. The normalized spacial score (nSPS) is 27.2. The van der Waals surface area contributed by atoms with E-state index in [1.54, 1.807) is 7.11 Å². The monoisotopic (exact) mass is 219 g/mol. The van der Waals surface area contributed by atoms with Gasteiger partial charge in [0.05, 0.1) is 7.11 Å². The first kappa shape index (κ1) is 11.5. The van der Waals surface area contributed by atoms with Gasteiger partial charge < -0.3 is 10.1 Å². The number of ether oxygens (including phenoxy) is 1. The lowest BCUT2D eigenvalue weighted by molar-refractivity contribution is 0.0751. The third-order valence-corrected chi connectivity index (χ3v) is 4.13. The summed E-state index contributed by atoms with van der Waals surface area (Å²) in [7, 11) is 3.76. The lowest BCUT2D eigenvalue weighted by Gasteiger charge is -2.52. The SMILES string of the molecule is CNC1CC(c2ccc(OC)cc2)C1(C)C. The number of hydrogen-bond acceptors (Lipinski definition) is 2. The highest BCUT2D eigenvalue weighted by Crippen LogP contribution is 2.52. The van der Waals surface area contributed by atoms with Gasteiger partial charge in [0.1, 0.15) is 5.75 Å². The van der Waals surface area contributed by atoms with E-state index < -0.39 is 0 Å². The molecule has 0 aliphatic heterocycles. The van der Waals surface area contributed by atoms with Crippen molar-refractivity contribution in [3.63, 3.8) is 0 Å². The van der Waals surface area contributed by atoms with Crippen LogP contribution in [-0.4, -0.2) is 20.2 Å². The Morgan fingerprint density at radius 2 is 1.88 bits per heavy atom. The van der Waals surface area contributed by atoms with E-state index >= 15 is 0 Å². The van der Waals surface area contributed by atoms with E-state index in [-0.39, 0.29) is 0 Å². The molecular weight excluding hydrogens is 198 g/mol. The van der Waals surface area contributed by atoms with Crippen molar-refractivity contribution in [2.45, 2.75) is 32.2 Å². The number of rotatable bonds is 3. The quantitative estimate of drug-likeness (QED) is 0.844. The van der Waals surface area contributed by atoms with Gasteiger partial charge in [0, 0.05) is 6.04 Å². The van der Waals surface area contributed by atoms with Crippen LogP contribution in [0.25, 0.3) is 0 Å². The zero-order valence-electron chi connectivity index (χ0n) is 10.6. The van der Waals surface area contributed by atoms with Crippen LogP contribution in [0, 0.1) is 5.41 Å². The van der Waals surface area contributed by atoms with Crippen molar-refractivity contribution >= 4 is 0 Å². The first-order valence-electron chi connectivity index (χ1n) is 5.90. The molecule has 2 unspecified atom stereocenters. The maximum Gasteiger partial charge on any atom is 0.118 e. The fraction of sp³-hybridized carbons (Fsp3) is 0.571. The minimum atomic E-state index is 0.351. The summed E-state index contributed by atoms with van der Waals surface area (Å²) in [5.41, 5.74) is 1.78. The van der Waals surface area contributed by atoms with Crippen molar-refractivity contribution < 1.29 is 4.74 Å². The Kier molecular flexibility index (Phi) is 2.94. The molecule has 0 amide bonds. The molecular formula is C14H21NO. The molecule has 2 nitrogen and oxygen atoms in total. The second kappa shape index (κ2) is 4.10. The fourth-order valence-corrected chi connectivity index (χ4v) is 2.82. The molecule has 0 spiro atoms. The van der Waals surface area contributed by atoms with E-state index in [1.165, 1.54) is 12.0 Å². The summed E-state index contributed by atoms with van der Waals surface area (Å²) in [5.74, 6) is 1.60. The summed E-state index contributed by atoms with van der Waals surface area (Å²) in [4.78, 5) is 0. The minimum absolute atomic E-state index is 0.351. The fourth-order valence-electron chi connectivity index (χ4n) is 2.82. The standard InChI is InChI=1S/C14H21NO/c1-14(2)12(9-13(14)15-3)10-5-7-11(16-4)8-6-10/h5-8,12-13,15H,9H2,1-4H3. The predicted octanol–water partition coefficient (Wildman–Crippen LogP) is 2.80. The smallest absolute Gasteiger partial charge is 0.118 e. The highest BCUT2D eigenvalue weighted by atomic mass is 16.5. The number of nitrogens with one attached hydrogen (secondary N) is 1. The molecule has 2 atom stereocenters. The molecule has 1 aromatic rings. The van der Waals surface area contributed by atoms with Crippen molar-refractivity contribution in [2.75, 3.05) is 14.2 Å². The molecule has 1 saturated carbocycles. The molecule has 1 N–H and O–H groups in total. The second-order valence-corrected chi connectivity index (χ2v) is 5.22. The summed E-state index contributed by atoms with van der Waals surface area (Å²) in [6.07, 6.45) is 1.23. The van der Waals surface area contributed by atoms with E-state index in [2.05, 4.69) is 50.5 Å². The van der Waals surface area contributed by atoms with Crippen LogP contribution in [0.5, 0.6) is 5.75 Å². The predicted molar refractivity (Wildman–Crippen MR) is 67.0 cm³/mol. The largest absolute Gasteiger partial charge is 0.497 e. The molecule has 0 bridgehead atoms. The first-order chi connectivity index (χ1) is 7.59. The molecule has 0 aromatic heterocycles. The Balaban J connectivity index is 2.14. The van der Waals surface area contributed by atoms with Gasteiger partial charge in [0.2, 0.25) is 0 Å². The van der Waals surface area contributed by atoms with Crippen molar-refractivity contribution in [2.24, 2.45) is 5.41 Å². The highest BCUT2D eigenvalue weighted by molar-refractivity contribution is 5.33. The van der Waals surface area contributed by atoms with Gasteiger partial charge >= 0.3 is 0 Å². The lowest BCUT2D eigenvalue weighted by Crippen LogP contribution is -2.54. The summed E-state index contributed by atoms with van der Waals surface area (Å²) >= 11 is 0. The van der Waals surface area contributed by atoms with Crippen LogP contribution < -0.4 is 10.1 Å². The maximum absolute atomic E-state index is 5.18. The number of hydrogen-bond donors (Lipinski definition) is 1. The van der Waals surface area contributed by atoms with Gasteiger partial charge in [-0.1, -0.05) is 26.0 Å². The molecule has 0 radical (unpaired) electrons. The zero-order valence-corrected chi connectivity index (χ0v) is 10.6. The average Bonchev–Trinajstić information content (AvgIpc) is 2.29. The molecule has 2 heteroatoms. The van der Waals surface area contributed by atoms with Gasteiger partial charge in [-0.3, -0.25) is 0 Å². The average molecular weight is 219 g/mol. The van der Waals surface area contributed by atoms with Crippen LogP contribution in [0.15, 0.2) is 24.3 Å². The Morgan fingerprint density at radius 3 is 2.31 bits per heavy atom. The van der Waals surface area contributed by atoms with Gasteiger partial charge in [0.25, 0.3) is 0 Å². The van der Waals surface area contributed by atoms with Crippen LogP contribution in [0.1, 0.15) is 31.7 Å². The Labute approximate surface area is 98.0 Å². The summed E-state index contributed by atoms with van der Waals surface area (Å²) in [6.45, 7) is 4.68. The van der Waals surface area contributed by atoms with E-state index in [0.717, 1.165) is 5.75 Å². The second-order valence-electron chi connectivity index (χ2n) is 5.22. The maximum atomic E-state index is 5.18. The number of methoxy groups -OCH3 is 1. The Hall–Kier alpha value is -1.02. The van der Waals surface area contributed by atoms with E-state index in [0.29, 0.717) is 17.4 Å². The van der Waals surface area contributed by atoms with Gasteiger partial charge in [-0.05, 0) is 42.5 Å². The summed E-state index contributed by atoms with van der Waals surface area (Å²) in [6, 6.07) is 9.13. The van der Waals surface area contributed by atoms with Crippen molar-refractivity contribution in [1.29, 1.82) is 0 Å². The lowest BCUT2D eigenvalue weighted by atomic mass is 9.56. The molecule has 1 aromatic carbocycles. The molecule has 88 valence electrons. The van der Waals surface area contributed by atoms with Crippen LogP contribution in [0.3, 0.4) is 0 Å². The van der Waals surface area contributed by atoms with E-state index in [1.807, 2.05) is 0 Å². The summed E-state index contributed by atoms with van der Waals surface area (Å²) in [5, 5.41) is 3.39. The molecule has 0 heterocycles. The van der Waals surface area contributed by atoms with Crippen molar-refractivity contribution in [3.8, 4) is 5.75 Å². The number of benzene rings is 1. The van der Waals surface area contributed by atoms with Gasteiger partial charge in [0.15, 0.2) is 0 Å². The van der Waals surface area contributed by atoms with Crippen molar-refractivity contribution in [3.05, 3.63) is 29.8 Å². The van der Waals surface area contributed by atoms with E-state index in [9.17, 15) is 0 Å². The minimum Gasteiger partial charge on any atom is -0.497 e. The molecule has 1 fully saturated rings. The first-order valence-corrected chi connectivity index (χ1v) is 5.90. The zero-order chi connectivity index (χ0) is 11.8. The Bertz CT molecular complexity index is 356. The molecule has 1 aliphatic carbocycles. The van der Waals surface area contributed by atoms with Crippen LogP contribution in [0.2, 0.25) is 0 Å². The van der Waals surface area contributed by atoms with Crippen LogP contribution >= 0.6 is 0 Å². The van der Waals surface area contributed by atoms with Crippen LogP contribution in [-0.2, 0) is 0 Å². The molecule has 0 saturated heterocycles. The summed E-state index contributed by atoms with van der Waals surface area (Å²) < 4.78 is 5.18. The molecule has 2 rings (SSSR count). The highest BCUT2D eigenvalue weighted by Gasteiger charge is 2.47. The topological polar surface area (TPSA) is 21.3 Å². The van der Waals surface area contributed by atoms with Crippen molar-refractivity contribution in [1.82, 2.24) is 5.32 Å². The van der Waals surface area contributed by atoms with Gasteiger partial charge in [-0.2, -0.15) is 0 Å². The molecule has 16 heavy (non-hydrogen) atoms. The third-order valence-electron chi connectivity index (χ3n) is 4.13. The van der Waals surface area contributed by atoms with Gasteiger partial charge in [-0.15, -0.1) is 0 Å². The van der Waals surface area contributed by atoms with Crippen LogP contribution in [0.4, 0.5) is 0 Å².